The number of hydrogen-bond donors (Lipinski definition) is 1. The summed E-state index contributed by atoms with van der Waals surface area (Å²) in [4.78, 5) is 5.63. The molecule has 1 N–H and O–H groups in total. The molecule has 2 aromatic heterocycles. The summed E-state index contributed by atoms with van der Waals surface area (Å²) in [7, 11) is 0. The van der Waals surface area contributed by atoms with Gasteiger partial charge in [-0.1, -0.05) is 105 Å². The summed E-state index contributed by atoms with van der Waals surface area (Å²) in [5, 5.41) is 11.1. The van der Waals surface area contributed by atoms with E-state index in [0.717, 1.165) is 38.9 Å². The Morgan fingerprint density at radius 3 is 2.24 bits per heavy atom. The Kier molecular flexibility index (Phi) is 4.81. The minimum atomic E-state index is -0.276. The van der Waals surface area contributed by atoms with Crippen molar-refractivity contribution in [2.75, 3.05) is 0 Å². The summed E-state index contributed by atoms with van der Waals surface area (Å²) in [6, 6.07) is 45.6. The molecule has 6 aromatic carbocycles. The molecule has 8 aromatic rings. The Morgan fingerprint density at radius 1 is 0.644 bits per heavy atom. The standard InChI is InChI=1S/C41H29N3O/c1-41(2)32-16-8-5-15-29(32)37-38(41)42-39(26-19-20-36-31(22-26)28-14-7-10-18-35(28)45-36)43-40(37)44-33-17-9-6-13-27(33)30-21-24-11-3-4-12-25(24)23-34(30)44/h3-23,39,42H,1-2H3. The van der Waals surface area contributed by atoms with E-state index in [1.807, 2.05) is 12.1 Å². The molecule has 1 aliphatic heterocycles. The largest absolute Gasteiger partial charge is 0.456 e. The van der Waals surface area contributed by atoms with Gasteiger partial charge in [0.25, 0.3) is 0 Å². The molecule has 45 heavy (non-hydrogen) atoms. The van der Waals surface area contributed by atoms with E-state index in [-0.39, 0.29) is 11.6 Å². The molecule has 0 amide bonds. The van der Waals surface area contributed by atoms with E-state index in [2.05, 4.69) is 139 Å². The topological polar surface area (TPSA) is 42.5 Å². The summed E-state index contributed by atoms with van der Waals surface area (Å²) in [5.74, 6) is 0.977. The molecule has 3 heterocycles. The van der Waals surface area contributed by atoms with Crippen LogP contribution in [0.25, 0.3) is 60.1 Å². The lowest BCUT2D eigenvalue weighted by atomic mass is 9.84. The lowest BCUT2D eigenvalue weighted by Crippen LogP contribution is -2.35. The molecule has 2 aliphatic rings. The molecule has 1 atom stereocenters. The zero-order valence-electron chi connectivity index (χ0n) is 25.0. The molecule has 0 spiro atoms. The predicted molar refractivity (Wildman–Crippen MR) is 186 cm³/mol. The van der Waals surface area contributed by atoms with Crippen LogP contribution in [-0.4, -0.2) is 10.4 Å². The van der Waals surface area contributed by atoms with Crippen LogP contribution in [0.1, 0.15) is 36.7 Å². The smallest absolute Gasteiger partial charge is 0.146 e. The third-order valence-corrected chi connectivity index (χ3v) is 9.97. The van der Waals surface area contributed by atoms with Crippen molar-refractivity contribution in [3.05, 3.63) is 150 Å². The van der Waals surface area contributed by atoms with Gasteiger partial charge in [-0.05, 0) is 63.9 Å². The van der Waals surface area contributed by atoms with Crippen molar-refractivity contribution in [3.63, 3.8) is 0 Å². The van der Waals surface area contributed by atoms with Crippen LogP contribution in [0.4, 0.5) is 0 Å². The molecule has 0 radical (unpaired) electrons. The summed E-state index contributed by atoms with van der Waals surface area (Å²) in [6.07, 6.45) is -0.276. The monoisotopic (exact) mass is 579 g/mol. The predicted octanol–water partition coefficient (Wildman–Crippen LogP) is 10.1. The molecule has 0 saturated heterocycles. The van der Waals surface area contributed by atoms with Crippen LogP contribution >= 0.6 is 0 Å². The highest BCUT2D eigenvalue weighted by atomic mass is 16.3. The zero-order chi connectivity index (χ0) is 29.9. The number of aromatic nitrogens is 1. The number of aliphatic imine (C=N–C) groups is 1. The van der Waals surface area contributed by atoms with E-state index >= 15 is 0 Å². The van der Waals surface area contributed by atoms with Gasteiger partial charge in [0, 0.05) is 38.2 Å². The summed E-state index contributed by atoms with van der Waals surface area (Å²) >= 11 is 0. The summed E-state index contributed by atoms with van der Waals surface area (Å²) < 4.78 is 8.59. The number of nitrogens with zero attached hydrogens (tertiary/aromatic N) is 2. The summed E-state index contributed by atoms with van der Waals surface area (Å²) in [6.45, 7) is 4.65. The van der Waals surface area contributed by atoms with Crippen LogP contribution in [0, 0.1) is 0 Å². The van der Waals surface area contributed by atoms with Gasteiger partial charge in [-0.15, -0.1) is 0 Å². The minimum absolute atomic E-state index is 0.219. The molecule has 0 saturated carbocycles. The highest BCUT2D eigenvalue weighted by Crippen LogP contribution is 2.49. The molecular weight excluding hydrogens is 550 g/mol. The van der Waals surface area contributed by atoms with Crippen molar-refractivity contribution in [1.82, 2.24) is 9.88 Å². The molecule has 4 heteroatoms. The lowest BCUT2D eigenvalue weighted by Gasteiger charge is -2.32. The van der Waals surface area contributed by atoms with Crippen molar-refractivity contribution in [1.29, 1.82) is 0 Å². The maximum absolute atomic E-state index is 6.18. The van der Waals surface area contributed by atoms with Crippen molar-refractivity contribution in [2.24, 2.45) is 4.99 Å². The number of allylic oxidation sites excluding steroid dienone is 2. The number of nitrogens with one attached hydrogen (secondary N) is 1. The van der Waals surface area contributed by atoms with Gasteiger partial charge in [0.2, 0.25) is 0 Å². The van der Waals surface area contributed by atoms with E-state index in [4.69, 9.17) is 9.41 Å². The zero-order valence-corrected chi connectivity index (χ0v) is 25.0. The van der Waals surface area contributed by atoms with Gasteiger partial charge in [0.05, 0.1) is 11.0 Å². The van der Waals surface area contributed by atoms with Gasteiger partial charge < -0.3 is 9.73 Å². The van der Waals surface area contributed by atoms with Gasteiger partial charge in [0.1, 0.15) is 23.2 Å². The molecule has 10 rings (SSSR count). The average Bonchev–Trinajstić information content (AvgIpc) is 3.68. The van der Waals surface area contributed by atoms with E-state index < -0.39 is 0 Å². The Labute approximate surface area is 259 Å². The van der Waals surface area contributed by atoms with Crippen LogP contribution in [0.2, 0.25) is 0 Å². The Balaban J connectivity index is 1.29. The summed E-state index contributed by atoms with van der Waals surface area (Å²) in [5.41, 5.74) is 9.96. The van der Waals surface area contributed by atoms with Crippen molar-refractivity contribution in [3.8, 4) is 0 Å². The second-order valence-corrected chi connectivity index (χ2v) is 12.8. The van der Waals surface area contributed by atoms with Gasteiger partial charge >= 0.3 is 0 Å². The number of benzene rings is 6. The van der Waals surface area contributed by atoms with Crippen LogP contribution < -0.4 is 5.32 Å². The van der Waals surface area contributed by atoms with Crippen molar-refractivity contribution < 1.29 is 4.42 Å². The fourth-order valence-corrected chi connectivity index (χ4v) is 7.79. The first kappa shape index (κ1) is 24.8. The molecule has 214 valence electrons. The molecule has 1 aliphatic carbocycles. The second-order valence-electron chi connectivity index (χ2n) is 12.8. The van der Waals surface area contributed by atoms with E-state index in [1.165, 1.54) is 49.5 Å². The normalized spacial score (nSPS) is 17.3. The number of para-hydroxylation sites is 2. The Hall–Kier alpha value is -5.61. The molecule has 0 fully saturated rings. The van der Waals surface area contributed by atoms with Gasteiger partial charge in [-0.3, -0.25) is 4.57 Å². The highest BCUT2D eigenvalue weighted by molar-refractivity contribution is 6.32. The molecular formula is C41H29N3O. The highest BCUT2D eigenvalue weighted by Gasteiger charge is 2.43. The first-order valence-corrected chi connectivity index (χ1v) is 15.6. The Bertz CT molecular complexity index is 2610. The number of rotatable bonds is 1. The van der Waals surface area contributed by atoms with Gasteiger partial charge in [0.15, 0.2) is 0 Å². The van der Waals surface area contributed by atoms with Crippen LogP contribution in [-0.2, 0) is 5.41 Å². The fourth-order valence-electron chi connectivity index (χ4n) is 7.79. The van der Waals surface area contributed by atoms with Gasteiger partial charge in [-0.25, -0.2) is 4.99 Å². The molecule has 4 nitrogen and oxygen atoms in total. The number of hydrogen-bond acceptors (Lipinski definition) is 3. The quantitative estimate of drug-likeness (QED) is 0.210. The maximum atomic E-state index is 6.18. The lowest BCUT2D eigenvalue weighted by molar-refractivity contribution is 0.516. The molecule has 0 bridgehead atoms. The SMILES string of the molecule is CC1(C)C2=C(C(n3c4ccccc4c4cc5ccccc5cc43)=NC(c3ccc4oc5ccccc5c4c3)N2)c2ccccc21. The molecule has 1 unspecified atom stereocenters. The average molecular weight is 580 g/mol. The second kappa shape index (κ2) is 8.73. The van der Waals surface area contributed by atoms with Crippen LogP contribution in [0.15, 0.2) is 143 Å². The first-order chi connectivity index (χ1) is 22.1. The van der Waals surface area contributed by atoms with E-state index in [1.54, 1.807) is 0 Å². The number of fused-ring (bicyclic) bond motifs is 9. The number of furan rings is 1. The third kappa shape index (κ3) is 3.34. The maximum Gasteiger partial charge on any atom is 0.146 e. The minimum Gasteiger partial charge on any atom is -0.456 e. The first-order valence-electron chi connectivity index (χ1n) is 15.6. The fraction of sp³-hybridized carbons (Fsp3) is 0.0976. The van der Waals surface area contributed by atoms with Crippen molar-refractivity contribution in [2.45, 2.75) is 25.4 Å². The van der Waals surface area contributed by atoms with E-state index in [0.29, 0.717) is 0 Å². The van der Waals surface area contributed by atoms with Crippen LogP contribution in [0.3, 0.4) is 0 Å². The van der Waals surface area contributed by atoms with Gasteiger partial charge in [-0.2, -0.15) is 0 Å². The van der Waals surface area contributed by atoms with Crippen molar-refractivity contribution >= 4 is 65.9 Å². The van der Waals surface area contributed by atoms with Crippen LogP contribution in [0.5, 0.6) is 0 Å². The Morgan fingerprint density at radius 2 is 1.36 bits per heavy atom. The third-order valence-electron chi connectivity index (χ3n) is 9.97. The van der Waals surface area contributed by atoms with E-state index in [9.17, 15) is 0 Å².